The van der Waals surface area contributed by atoms with Crippen LogP contribution in [0, 0.1) is 20.8 Å². The van der Waals surface area contributed by atoms with E-state index < -0.39 is 0 Å². The predicted molar refractivity (Wildman–Crippen MR) is 177 cm³/mol. The van der Waals surface area contributed by atoms with Crippen LogP contribution in [-0.2, 0) is 25.8 Å². The van der Waals surface area contributed by atoms with E-state index in [1.165, 1.54) is 110 Å². The van der Waals surface area contributed by atoms with Gasteiger partial charge in [-0.2, -0.15) is 0 Å². The zero-order valence-electron chi connectivity index (χ0n) is 26.5. The first-order chi connectivity index (χ1) is 19.5. The van der Waals surface area contributed by atoms with E-state index in [9.17, 15) is 0 Å². The molecule has 0 heterocycles. The summed E-state index contributed by atoms with van der Waals surface area (Å²) < 4.78 is 0. The molecule has 0 atom stereocenters. The molecule has 220 valence electrons. The van der Waals surface area contributed by atoms with Gasteiger partial charge in [-0.3, -0.25) is 4.90 Å². The molecule has 3 aromatic carbocycles. The Kier molecular flexibility index (Phi) is 17.3. The molecule has 0 aliphatic carbocycles. The van der Waals surface area contributed by atoms with Crippen molar-refractivity contribution in [3.63, 3.8) is 0 Å². The van der Waals surface area contributed by atoms with Crippen molar-refractivity contribution in [1.29, 1.82) is 0 Å². The lowest BCUT2D eigenvalue weighted by Crippen LogP contribution is -2.26. The van der Waals surface area contributed by atoms with E-state index >= 15 is 0 Å². The van der Waals surface area contributed by atoms with Crippen molar-refractivity contribution in [1.82, 2.24) is 4.90 Å². The molecule has 2 heteroatoms. The molecular weight excluding hydrogens is 484 g/mol. The smallest absolute Gasteiger partial charge is 0.0236 e. The van der Waals surface area contributed by atoms with Gasteiger partial charge in [0.25, 0.3) is 0 Å². The number of aryl methyl sites for hydroxylation is 6. The maximum atomic E-state index is 5.64. The van der Waals surface area contributed by atoms with Gasteiger partial charge in [0.2, 0.25) is 0 Å². The second-order valence-corrected chi connectivity index (χ2v) is 11.5. The predicted octanol–water partition coefficient (Wildman–Crippen LogP) is 9.55. The second-order valence-electron chi connectivity index (χ2n) is 11.5. The van der Waals surface area contributed by atoms with Gasteiger partial charge in [0.05, 0.1) is 0 Å². The van der Waals surface area contributed by atoms with Crippen LogP contribution in [0.3, 0.4) is 0 Å². The van der Waals surface area contributed by atoms with Gasteiger partial charge in [0, 0.05) is 6.54 Å². The number of rotatable bonds is 17. The normalized spacial score (nSPS) is 11.0. The van der Waals surface area contributed by atoms with Gasteiger partial charge in [-0.1, -0.05) is 93.4 Å². The van der Waals surface area contributed by atoms with Crippen LogP contribution in [0.2, 0.25) is 0 Å². The van der Waals surface area contributed by atoms with Gasteiger partial charge in [-0.25, -0.2) is 0 Å². The monoisotopic (exact) mass is 542 g/mol. The van der Waals surface area contributed by atoms with Crippen LogP contribution in [0.4, 0.5) is 0 Å². The first kappa shape index (κ1) is 33.8. The van der Waals surface area contributed by atoms with Crippen molar-refractivity contribution in [2.75, 3.05) is 19.6 Å². The van der Waals surface area contributed by atoms with Crippen LogP contribution in [0.15, 0.2) is 66.7 Å². The quantitative estimate of drug-likeness (QED) is 0.172. The molecule has 0 saturated heterocycles. The molecule has 3 rings (SSSR count). The maximum Gasteiger partial charge on any atom is 0.0236 e. The third-order valence-electron chi connectivity index (χ3n) is 8.01. The molecule has 0 aliphatic rings. The Morgan fingerprint density at radius 3 is 1.70 bits per heavy atom. The molecule has 40 heavy (non-hydrogen) atoms. The Bertz CT molecular complexity index is 1070. The van der Waals surface area contributed by atoms with E-state index in [0.29, 0.717) is 0 Å². The second kappa shape index (κ2) is 20.5. The van der Waals surface area contributed by atoms with Gasteiger partial charge in [-0.15, -0.1) is 0 Å². The first-order valence-corrected chi connectivity index (χ1v) is 16.1. The number of benzene rings is 3. The maximum absolute atomic E-state index is 5.64. The van der Waals surface area contributed by atoms with Crippen LogP contribution in [0.25, 0.3) is 0 Å². The van der Waals surface area contributed by atoms with Crippen LogP contribution in [0.5, 0.6) is 0 Å². The fourth-order valence-corrected chi connectivity index (χ4v) is 5.35. The summed E-state index contributed by atoms with van der Waals surface area (Å²) >= 11 is 0. The van der Waals surface area contributed by atoms with Gasteiger partial charge in [-0.05, 0) is 137 Å². The minimum atomic E-state index is 0.797. The molecule has 0 fully saturated rings. The minimum Gasteiger partial charge on any atom is -0.330 e. The third kappa shape index (κ3) is 13.3. The molecule has 2 N–H and O–H groups in total. The Balaban J connectivity index is 0.000000389. The lowest BCUT2D eigenvalue weighted by molar-refractivity contribution is 0.260. The Morgan fingerprint density at radius 1 is 0.550 bits per heavy atom. The number of nitrogens with zero attached hydrogens (tertiary/aromatic N) is 1. The van der Waals surface area contributed by atoms with Gasteiger partial charge in [0.15, 0.2) is 0 Å². The van der Waals surface area contributed by atoms with E-state index in [-0.39, 0.29) is 0 Å². The molecule has 0 bridgehead atoms. The summed E-state index contributed by atoms with van der Waals surface area (Å²) in [6, 6.07) is 24.5. The third-order valence-corrected chi connectivity index (χ3v) is 8.01. The lowest BCUT2D eigenvalue weighted by Gasteiger charge is -2.23. The Hall–Kier alpha value is -2.42. The van der Waals surface area contributed by atoms with E-state index in [2.05, 4.69) is 106 Å². The summed E-state index contributed by atoms with van der Waals surface area (Å²) in [5.74, 6) is 0. The van der Waals surface area contributed by atoms with Crippen LogP contribution < -0.4 is 5.73 Å². The zero-order valence-corrected chi connectivity index (χ0v) is 26.5. The molecule has 0 spiro atoms. The van der Waals surface area contributed by atoms with Crippen molar-refractivity contribution in [3.05, 3.63) is 106 Å². The average molecular weight is 543 g/mol. The Labute approximate surface area is 247 Å². The van der Waals surface area contributed by atoms with Gasteiger partial charge < -0.3 is 5.73 Å². The highest BCUT2D eigenvalue weighted by Crippen LogP contribution is 2.17. The number of nitrogens with two attached hydrogens (primary N) is 1. The minimum absolute atomic E-state index is 0.797. The number of hydrogen-bond acceptors (Lipinski definition) is 2. The summed E-state index contributed by atoms with van der Waals surface area (Å²) in [7, 11) is 0. The van der Waals surface area contributed by atoms with Gasteiger partial charge >= 0.3 is 0 Å². The highest BCUT2D eigenvalue weighted by Gasteiger charge is 2.09. The van der Waals surface area contributed by atoms with Crippen molar-refractivity contribution < 1.29 is 0 Å². The standard InChI is InChI=1S/C26H40N2.C12H18/c1-4-18-28(19-10-8-14-25-13-6-5-11-22(25)2)21-26-20-24(12-7-9-17-27)16-15-23(26)3;1-3-4-5-9-12-10-7-6-8-11(12)2/h5-6,11,13,15-16,20H,4,7-10,12,14,17-19,21,27H2,1-3H3;6-8,10H,3-5,9H2,1-2H3. The highest BCUT2D eigenvalue weighted by atomic mass is 15.1. The largest absolute Gasteiger partial charge is 0.330 e. The molecule has 0 saturated carbocycles. The summed E-state index contributed by atoms with van der Waals surface area (Å²) in [4.78, 5) is 2.64. The molecule has 0 unspecified atom stereocenters. The van der Waals surface area contributed by atoms with Crippen molar-refractivity contribution in [2.45, 2.75) is 112 Å². The van der Waals surface area contributed by atoms with E-state index in [1.54, 1.807) is 0 Å². The highest BCUT2D eigenvalue weighted by molar-refractivity contribution is 5.31. The SMILES string of the molecule is CCCCCc1ccccc1C.CCCN(CCCCc1ccccc1C)Cc1cc(CCCCN)ccc1C. The topological polar surface area (TPSA) is 29.3 Å². The Morgan fingerprint density at radius 2 is 1.12 bits per heavy atom. The number of hydrogen-bond donors (Lipinski definition) is 1. The van der Waals surface area contributed by atoms with Gasteiger partial charge in [0.1, 0.15) is 0 Å². The molecular formula is C38H58N2. The molecule has 0 aromatic heterocycles. The van der Waals surface area contributed by atoms with E-state index in [4.69, 9.17) is 5.73 Å². The molecule has 0 amide bonds. The van der Waals surface area contributed by atoms with Crippen LogP contribution >= 0.6 is 0 Å². The molecule has 2 nitrogen and oxygen atoms in total. The molecule has 0 radical (unpaired) electrons. The number of unbranched alkanes of at least 4 members (excludes halogenated alkanes) is 4. The fourth-order valence-electron chi connectivity index (χ4n) is 5.35. The molecule has 0 aliphatic heterocycles. The first-order valence-electron chi connectivity index (χ1n) is 16.1. The average Bonchev–Trinajstić information content (AvgIpc) is 2.95. The van der Waals surface area contributed by atoms with Crippen molar-refractivity contribution in [2.24, 2.45) is 5.73 Å². The van der Waals surface area contributed by atoms with Crippen LogP contribution in [-0.4, -0.2) is 24.5 Å². The van der Waals surface area contributed by atoms with Crippen molar-refractivity contribution in [3.8, 4) is 0 Å². The van der Waals surface area contributed by atoms with Crippen LogP contribution in [0.1, 0.15) is 104 Å². The van der Waals surface area contributed by atoms with E-state index in [0.717, 1.165) is 25.9 Å². The fraction of sp³-hybridized carbons (Fsp3) is 0.526. The summed E-state index contributed by atoms with van der Waals surface area (Å²) in [6.45, 7) is 15.5. The molecule has 3 aromatic rings. The van der Waals surface area contributed by atoms with E-state index in [1.807, 2.05) is 0 Å². The van der Waals surface area contributed by atoms with Crippen molar-refractivity contribution >= 4 is 0 Å². The zero-order chi connectivity index (χ0) is 29.0. The summed E-state index contributed by atoms with van der Waals surface area (Å²) in [5, 5.41) is 0. The summed E-state index contributed by atoms with van der Waals surface area (Å²) in [5.41, 5.74) is 15.9. The lowest BCUT2D eigenvalue weighted by atomic mass is 10.0. The summed E-state index contributed by atoms with van der Waals surface area (Å²) in [6.07, 6.45) is 13.7.